The fraction of sp³-hybridized carbons (Fsp3) is 0.588. The predicted octanol–water partition coefficient (Wildman–Crippen LogP) is 4.02. The molecule has 0 aliphatic rings. The first kappa shape index (κ1) is 16.4. The van der Waals surface area contributed by atoms with Crippen LogP contribution in [0.2, 0.25) is 0 Å². The van der Waals surface area contributed by atoms with Crippen molar-refractivity contribution in [3.8, 4) is 0 Å². The molecule has 4 heteroatoms. The van der Waals surface area contributed by atoms with Gasteiger partial charge in [-0.1, -0.05) is 19.1 Å². The lowest BCUT2D eigenvalue weighted by molar-refractivity contribution is -0.0143. The Morgan fingerprint density at radius 1 is 1.29 bits per heavy atom. The Kier molecular flexibility index (Phi) is 5.73. The molecule has 1 heterocycles. The fourth-order valence-corrected chi connectivity index (χ4v) is 3.15. The average Bonchev–Trinajstić information content (AvgIpc) is 2.83. The smallest absolute Gasteiger partial charge is 0.0955 e. The van der Waals surface area contributed by atoms with Gasteiger partial charge in [-0.15, -0.1) is 11.3 Å². The van der Waals surface area contributed by atoms with Crippen LogP contribution in [0.25, 0.3) is 10.2 Å². The molecule has 1 aromatic heterocycles. The van der Waals surface area contributed by atoms with Gasteiger partial charge in [-0.3, -0.25) is 0 Å². The minimum atomic E-state index is -0.0975. The van der Waals surface area contributed by atoms with Crippen LogP contribution in [0.15, 0.2) is 24.3 Å². The number of ether oxygens (including phenoxy) is 1. The van der Waals surface area contributed by atoms with Crippen LogP contribution in [0.1, 0.15) is 39.1 Å². The van der Waals surface area contributed by atoms with E-state index in [1.54, 1.807) is 11.3 Å². The van der Waals surface area contributed by atoms with E-state index in [-0.39, 0.29) is 5.60 Å². The summed E-state index contributed by atoms with van der Waals surface area (Å²) in [6, 6.07) is 8.65. The summed E-state index contributed by atoms with van der Waals surface area (Å²) in [6.45, 7) is 10.2. The molecule has 116 valence electrons. The van der Waals surface area contributed by atoms with Gasteiger partial charge >= 0.3 is 0 Å². The molecule has 2 aromatic rings. The number of hydrogen-bond donors (Lipinski definition) is 1. The molecule has 0 fully saturated rings. The SMILES string of the molecule is CCCNC(COC(C)(C)C)Cc1nc2ccccc2s1. The molecule has 21 heavy (non-hydrogen) atoms. The monoisotopic (exact) mass is 306 g/mol. The molecule has 0 aliphatic carbocycles. The van der Waals surface area contributed by atoms with Gasteiger partial charge in [0.2, 0.25) is 0 Å². The maximum atomic E-state index is 5.95. The van der Waals surface area contributed by atoms with Crippen LogP contribution in [-0.2, 0) is 11.2 Å². The van der Waals surface area contributed by atoms with E-state index < -0.39 is 0 Å². The lowest BCUT2D eigenvalue weighted by atomic mass is 10.1. The van der Waals surface area contributed by atoms with Crippen molar-refractivity contribution in [1.29, 1.82) is 0 Å². The topological polar surface area (TPSA) is 34.1 Å². The maximum Gasteiger partial charge on any atom is 0.0955 e. The van der Waals surface area contributed by atoms with Crippen LogP contribution in [0.4, 0.5) is 0 Å². The number of nitrogens with one attached hydrogen (secondary N) is 1. The Bertz CT molecular complexity index is 526. The highest BCUT2D eigenvalue weighted by atomic mass is 32.1. The molecule has 0 radical (unpaired) electrons. The minimum absolute atomic E-state index is 0.0975. The fourth-order valence-electron chi connectivity index (χ4n) is 2.11. The number of hydrogen-bond acceptors (Lipinski definition) is 4. The zero-order valence-electron chi connectivity index (χ0n) is 13.5. The first-order valence-electron chi connectivity index (χ1n) is 7.69. The first-order chi connectivity index (χ1) is 9.98. The summed E-state index contributed by atoms with van der Waals surface area (Å²) < 4.78 is 7.21. The van der Waals surface area contributed by atoms with Gasteiger partial charge in [-0.05, 0) is 45.9 Å². The van der Waals surface area contributed by atoms with Crippen molar-refractivity contribution in [2.45, 2.75) is 52.2 Å². The van der Waals surface area contributed by atoms with Crippen molar-refractivity contribution in [2.24, 2.45) is 0 Å². The van der Waals surface area contributed by atoms with E-state index in [2.05, 4.69) is 51.2 Å². The van der Waals surface area contributed by atoms with E-state index in [1.807, 2.05) is 6.07 Å². The van der Waals surface area contributed by atoms with Gasteiger partial charge in [0.15, 0.2) is 0 Å². The zero-order valence-corrected chi connectivity index (χ0v) is 14.3. The highest BCUT2D eigenvalue weighted by Crippen LogP contribution is 2.22. The first-order valence-corrected chi connectivity index (χ1v) is 8.51. The van der Waals surface area contributed by atoms with Crippen LogP contribution in [0.3, 0.4) is 0 Å². The summed E-state index contributed by atoms with van der Waals surface area (Å²) in [5.41, 5.74) is 1.00. The van der Waals surface area contributed by atoms with Gasteiger partial charge in [0.05, 0.1) is 27.4 Å². The molecule has 0 amide bonds. The maximum absolute atomic E-state index is 5.95. The molecule has 1 unspecified atom stereocenters. The lowest BCUT2D eigenvalue weighted by Gasteiger charge is -2.24. The number of nitrogens with zero attached hydrogens (tertiary/aromatic N) is 1. The number of benzene rings is 1. The van der Waals surface area contributed by atoms with Gasteiger partial charge in [0.25, 0.3) is 0 Å². The van der Waals surface area contributed by atoms with Gasteiger partial charge in [0.1, 0.15) is 0 Å². The third kappa shape index (κ3) is 5.38. The number of para-hydroxylation sites is 1. The largest absolute Gasteiger partial charge is 0.374 e. The van der Waals surface area contributed by atoms with Crippen molar-refractivity contribution in [1.82, 2.24) is 10.3 Å². The molecule has 1 N–H and O–H groups in total. The van der Waals surface area contributed by atoms with E-state index in [0.29, 0.717) is 6.04 Å². The number of fused-ring (bicyclic) bond motifs is 1. The van der Waals surface area contributed by atoms with E-state index in [1.165, 1.54) is 9.71 Å². The summed E-state index contributed by atoms with van der Waals surface area (Å²) in [7, 11) is 0. The molecular weight excluding hydrogens is 280 g/mol. The third-order valence-corrected chi connectivity index (χ3v) is 4.22. The normalized spacial score (nSPS) is 13.7. The molecule has 1 aromatic carbocycles. The second-order valence-electron chi connectivity index (χ2n) is 6.35. The minimum Gasteiger partial charge on any atom is -0.374 e. The second-order valence-corrected chi connectivity index (χ2v) is 7.47. The highest BCUT2D eigenvalue weighted by Gasteiger charge is 2.17. The van der Waals surface area contributed by atoms with E-state index in [0.717, 1.165) is 31.5 Å². The molecule has 1 atom stereocenters. The summed E-state index contributed by atoms with van der Waals surface area (Å²) >= 11 is 1.79. The summed E-state index contributed by atoms with van der Waals surface area (Å²) in [4.78, 5) is 4.73. The van der Waals surface area contributed by atoms with Crippen LogP contribution in [0, 0.1) is 0 Å². The van der Waals surface area contributed by atoms with Crippen LogP contribution in [0.5, 0.6) is 0 Å². The molecule has 3 nitrogen and oxygen atoms in total. The Labute approximate surface area is 131 Å². The van der Waals surface area contributed by atoms with Gasteiger partial charge in [0, 0.05) is 12.5 Å². The van der Waals surface area contributed by atoms with Crippen molar-refractivity contribution in [3.05, 3.63) is 29.3 Å². The van der Waals surface area contributed by atoms with E-state index >= 15 is 0 Å². The van der Waals surface area contributed by atoms with Crippen molar-refractivity contribution >= 4 is 21.6 Å². The van der Waals surface area contributed by atoms with Crippen molar-refractivity contribution < 1.29 is 4.74 Å². The van der Waals surface area contributed by atoms with E-state index in [9.17, 15) is 0 Å². The molecule has 0 aliphatic heterocycles. The third-order valence-electron chi connectivity index (χ3n) is 3.16. The van der Waals surface area contributed by atoms with Gasteiger partial charge in [-0.2, -0.15) is 0 Å². The second kappa shape index (κ2) is 7.34. The Morgan fingerprint density at radius 2 is 2.05 bits per heavy atom. The van der Waals surface area contributed by atoms with Crippen molar-refractivity contribution in [3.63, 3.8) is 0 Å². The Morgan fingerprint density at radius 3 is 2.71 bits per heavy atom. The summed E-state index contributed by atoms with van der Waals surface area (Å²) in [5.74, 6) is 0. The summed E-state index contributed by atoms with van der Waals surface area (Å²) in [6.07, 6.45) is 2.06. The standard InChI is InChI=1S/C17H26N2OS/c1-5-10-18-13(12-20-17(2,3)4)11-16-19-14-8-6-7-9-15(14)21-16/h6-9,13,18H,5,10-12H2,1-4H3. The molecular formula is C17H26N2OS. The lowest BCUT2D eigenvalue weighted by Crippen LogP contribution is -2.38. The van der Waals surface area contributed by atoms with Gasteiger partial charge in [-0.25, -0.2) is 4.98 Å². The molecule has 0 saturated carbocycles. The number of rotatable bonds is 7. The van der Waals surface area contributed by atoms with E-state index in [4.69, 9.17) is 9.72 Å². The molecule has 0 spiro atoms. The van der Waals surface area contributed by atoms with Gasteiger partial charge < -0.3 is 10.1 Å². The quantitative estimate of drug-likeness (QED) is 0.839. The highest BCUT2D eigenvalue weighted by molar-refractivity contribution is 7.18. The molecule has 0 saturated heterocycles. The Balaban J connectivity index is 2.02. The summed E-state index contributed by atoms with van der Waals surface area (Å²) in [5, 5.41) is 4.76. The molecule has 2 rings (SSSR count). The average molecular weight is 306 g/mol. The van der Waals surface area contributed by atoms with Crippen LogP contribution < -0.4 is 5.32 Å². The zero-order chi connectivity index (χ0) is 15.3. The Hall–Kier alpha value is -0.970. The predicted molar refractivity (Wildman–Crippen MR) is 91.1 cm³/mol. The number of thiazole rings is 1. The van der Waals surface area contributed by atoms with Crippen LogP contribution >= 0.6 is 11.3 Å². The molecule has 0 bridgehead atoms. The van der Waals surface area contributed by atoms with Crippen molar-refractivity contribution in [2.75, 3.05) is 13.2 Å². The van der Waals surface area contributed by atoms with Crippen LogP contribution in [-0.4, -0.2) is 29.8 Å². The number of aromatic nitrogens is 1.